The number of hydrogen-bond acceptors (Lipinski definition) is 5. The van der Waals surface area contributed by atoms with Crippen LogP contribution < -0.4 is 10.6 Å². The fourth-order valence-electron chi connectivity index (χ4n) is 2.37. The Morgan fingerprint density at radius 3 is 2.22 bits per heavy atom. The number of benzene rings is 2. The van der Waals surface area contributed by atoms with Crippen LogP contribution in [-0.4, -0.2) is 21.0 Å². The van der Waals surface area contributed by atoms with Gasteiger partial charge in [0, 0.05) is 6.07 Å². The summed E-state index contributed by atoms with van der Waals surface area (Å²) < 4.78 is 40.3. The van der Waals surface area contributed by atoms with E-state index in [4.69, 9.17) is 0 Å². The van der Waals surface area contributed by atoms with Crippen molar-refractivity contribution in [3.8, 4) is 0 Å². The Labute approximate surface area is 151 Å². The van der Waals surface area contributed by atoms with Crippen LogP contribution in [0.3, 0.4) is 0 Å². The SMILES string of the molecule is Cc1nc(Nc2ccccc2C(=O)O)cc(Nc2ccc(F)c(F)c2F)n1. The fourth-order valence-corrected chi connectivity index (χ4v) is 2.37. The quantitative estimate of drug-likeness (QED) is 0.574. The molecular formula is C18H13F3N4O2. The Kier molecular flexibility index (Phi) is 4.93. The molecule has 0 aliphatic rings. The summed E-state index contributed by atoms with van der Waals surface area (Å²) in [5.41, 5.74) is 0.0341. The lowest BCUT2D eigenvalue weighted by atomic mass is 10.2. The van der Waals surface area contributed by atoms with Crippen molar-refractivity contribution in [3.63, 3.8) is 0 Å². The van der Waals surface area contributed by atoms with E-state index in [-0.39, 0.29) is 22.9 Å². The number of para-hydroxylation sites is 1. The highest BCUT2D eigenvalue weighted by Crippen LogP contribution is 2.25. The Balaban J connectivity index is 1.92. The van der Waals surface area contributed by atoms with E-state index < -0.39 is 23.4 Å². The zero-order valence-electron chi connectivity index (χ0n) is 13.9. The molecule has 27 heavy (non-hydrogen) atoms. The highest BCUT2D eigenvalue weighted by molar-refractivity contribution is 5.95. The summed E-state index contributed by atoms with van der Waals surface area (Å²) in [5.74, 6) is -4.75. The van der Waals surface area contributed by atoms with E-state index in [1.807, 2.05) is 0 Å². The van der Waals surface area contributed by atoms with Crippen LogP contribution in [0.2, 0.25) is 0 Å². The first-order valence-corrected chi connectivity index (χ1v) is 7.70. The predicted octanol–water partition coefficient (Wildman–Crippen LogP) is 4.39. The lowest BCUT2D eigenvalue weighted by molar-refractivity contribution is 0.0698. The smallest absolute Gasteiger partial charge is 0.337 e. The van der Waals surface area contributed by atoms with Gasteiger partial charge in [-0.05, 0) is 31.2 Å². The van der Waals surface area contributed by atoms with Crippen LogP contribution in [0.15, 0.2) is 42.5 Å². The molecule has 1 aromatic heterocycles. The molecule has 0 aliphatic carbocycles. The van der Waals surface area contributed by atoms with Gasteiger partial charge in [0.2, 0.25) is 0 Å². The van der Waals surface area contributed by atoms with Crippen molar-refractivity contribution in [2.24, 2.45) is 0 Å². The molecule has 9 heteroatoms. The zero-order chi connectivity index (χ0) is 19.6. The average molecular weight is 374 g/mol. The molecule has 0 radical (unpaired) electrons. The van der Waals surface area contributed by atoms with Gasteiger partial charge in [-0.15, -0.1) is 0 Å². The predicted molar refractivity (Wildman–Crippen MR) is 93.1 cm³/mol. The molecule has 0 atom stereocenters. The Hall–Kier alpha value is -3.62. The van der Waals surface area contributed by atoms with Crippen LogP contribution in [0.5, 0.6) is 0 Å². The van der Waals surface area contributed by atoms with Crippen molar-refractivity contribution in [2.75, 3.05) is 10.6 Å². The maximum Gasteiger partial charge on any atom is 0.337 e. The Bertz CT molecular complexity index is 1030. The van der Waals surface area contributed by atoms with E-state index in [1.54, 1.807) is 25.1 Å². The third-order valence-electron chi connectivity index (χ3n) is 3.56. The minimum Gasteiger partial charge on any atom is -0.478 e. The van der Waals surface area contributed by atoms with Crippen molar-refractivity contribution in [1.82, 2.24) is 9.97 Å². The summed E-state index contributed by atoms with van der Waals surface area (Å²) in [7, 11) is 0. The molecule has 0 aliphatic heterocycles. The maximum absolute atomic E-state index is 13.8. The minimum absolute atomic E-state index is 0.0370. The van der Waals surface area contributed by atoms with E-state index in [2.05, 4.69) is 20.6 Å². The summed E-state index contributed by atoms with van der Waals surface area (Å²) in [6, 6.07) is 9.43. The molecule has 0 fully saturated rings. The summed E-state index contributed by atoms with van der Waals surface area (Å²) in [5, 5.41) is 14.6. The number of nitrogens with zero attached hydrogens (tertiary/aromatic N) is 2. The van der Waals surface area contributed by atoms with Gasteiger partial charge in [-0.3, -0.25) is 0 Å². The van der Waals surface area contributed by atoms with E-state index in [1.165, 1.54) is 12.1 Å². The first-order valence-electron chi connectivity index (χ1n) is 7.70. The third-order valence-corrected chi connectivity index (χ3v) is 3.56. The summed E-state index contributed by atoms with van der Waals surface area (Å²) in [6.07, 6.45) is 0. The van der Waals surface area contributed by atoms with Crippen molar-refractivity contribution < 1.29 is 23.1 Å². The van der Waals surface area contributed by atoms with Gasteiger partial charge < -0.3 is 15.7 Å². The first-order chi connectivity index (χ1) is 12.8. The van der Waals surface area contributed by atoms with Crippen molar-refractivity contribution >= 4 is 29.0 Å². The summed E-state index contributed by atoms with van der Waals surface area (Å²) in [4.78, 5) is 19.5. The van der Waals surface area contributed by atoms with Gasteiger partial charge >= 0.3 is 5.97 Å². The number of nitrogens with one attached hydrogen (secondary N) is 2. The number of anilines is 4. The molecule has 0 spiro atoms. The molecule has 6 nitrogen and oxygen atoms in total. The highest BCUT2D eigenvalue weighted by atomic mass is 19.2. The third kappa shape index (κ3) is 3.97. The van der Waals surface area contributed by atoms with Gasteiger partial charge in [0.25, 0.3) is 0 Å². The summed E-state index contributed by atoms with van der Waals surface area (Å²) in [6.45, 7) is 1.57. The molecule has 0 amide bonds. The number of rotatable bonds is 5. The summed E-state index contributed by atoms with van der Waals surface area (Å²) >= 11 is 0. The van der Waals surface area contributed by atoms with Crippen LogP contribution in [0.25, 0.3) is 0 Å². The second-order valence-corrected chi connectivity index (χ2v) is 5.51. The molecule has 3 N–H and O–H groups in total. The van der Waals surface area contributed by atoms with Gasteiger partial charge in [-0.25, -0.2) is 27.9 Å². The standard InChI is InChI=1S/C18H13F3N4O2/c1-9-22-14(24-12-5-3-2-4-10(12)18(26)27)8-15(23-9)25-13-7-6-11(19)16(20)17(13)21/h2-8H,1H3,(H,26,27)(H2,22,23,24,25). The number of carbonyl (C=O) groups is 1. The van der Waals surface area contributed by atoms with E-state index in [0.717, 1.165) is 12.1 Å². The lowest BCUT2D eigenvalue weighted by Gasteiger charge is -2.12. The minimum atomic E-state index is -1.60. The topological polar surface area (TPSA) is 87.1 Å². The second-order valence-electron chi connectivity index (χ2n) is 5.51. The fraction of sp³-hybridized carbons (Fsp3) is 0.0556. The van der Waals surface area contributed by atoms with E-state index >= 15 is 0 Å². The molecule has 0 saturated carbocycles. The van der Waals surface area contributed by atoms with Crippen LogP contribution in [-0.2, 0) is 0 Å². The molecule has 0 saturated heterocycles. The van der Waals surface area contributed by atoms with E-state index in [9.17, 15) is 23.1 Å². The monoisotopic (exact) mass is 374 g/mol. The normalized spacial score (nSPS) is 10.5. The van der Waals surface area contributed by atoms with E-state index in [0.29, 0.717) is 11.5 Å². The number of carboxylic acids is 1. The molecule has 3 rings (SSSR count). The zero-order valence-corrected chi connectivity index (χ0v) is 13.9. The number of aryl methyl sites for hydroxylation is 1. The number of aromatic carboxylic acids is 1. The highest BCUT2D eigenvalue weighted by Gasteiger charge is 2.15. The van der Waals surface area contributed by atoms with Crippen LogP contribution in [0.4, 0.5) is 36.2 Å². The molecule has 138 valence electrons. The van der Waals surface area contributed by atoms with Gasteiger partial charge in [0.15, 0.2) is 17.5 Å². The second kappa shape index (κ2) is 7.32. The van der Waals surface area contributed by atoms with Crippen molar-refractivity contribution in [2.45, 2.75) is 6.92 Å². The van der Waals surface area contributed by atoms with Gasteiger partial charge in [0.1, 0.15) is 17.5 Å². The molecule has 3 aromatic rings. The van der Waals surface area contributed by atoms with Gasteiger partial charge in [0.05, 0.1) is 16.9 Å². The van der Waals surface area contributed by atoms with Crippen molar-refractivity contribution in [1.29, 1.82) is 0 Å². The molecule has 0 bridgehead atoms. The lowest BCUT2D eigenvalue weighted by Crippen LogP contribution is -2.06. The number of carboxylic acid groups (broad SMARTS) is 1. The Morgan fingerprint density at radius 2 is 1.56 bits per heavy atom. The van der Waals surface area contributed by atoms with Crippen LogP contribution in [0.1, 0.15) is 16.2 Å². The van der Waals surface area contributed by atoms with Gasteiger partial charge in [-0.1, -0.05) is 12.1 Å². The number of halogens is 3. The molecule has 2 aromatic carbocycles. The molecule has 1 heterocycles. The Morgan fingerprint density at radius 1 is 0.926 bits per heavy atom. The van der Waals surface area contributed by atoms with Crippen LogP contribution in [0, 0.1) is 24.4 Å². The number of hydrogen-bond donors (Lipinski definition) is 3. The van der Waals surface area contributed by atoms with Gasteiger partial charge in [-0.2, -0.15) is 0 Å². The first kappa shape index (κ1) is 18.2. The molecular weight excluding hydrogens is 361 g/mol. The largest absolute Gasteiger partial charge is 0.478 e. The van der Waals surface area contributed by atoms with Crippen molar-refractivity contribution in [3.05, 3.63) is 71.3 Å². The van der Waals surface area contributed by atoms with Crippen LogP contribution >= 0.6 is 0 Å². The molecule has 0 unspecified atom stereocenters. The number of aromatic nitrogens is 2. The maximum atomic E-state index is 13.8. The average Bonchev–Trinajstić information content (AvgIpc) is 2.62.